The topological polar surface area (TPSA) is 74.8 Å². The standard InChI is InChI=1S/C24H21N5OS/c1-18-7-9-20(10-8-18)29-22(15-21(27-29)23-6-3-14-31-23)24(30)28(13-4-11-25)17-19-5-2-12-26-16-19/h2-3,5-10,12,14-16H,4,13,17H2,1H3. The van der Waals surface area contributed by atoms with E-state index in [-0.39, 0.29) is 12.3 Å². The summed E-state index contributed by atoms with van der Waals surface area (Å²) < 4.78 is 1.69. The molecule has 6 nitrogen and oxygen atoms in total. The smallest absolute Gasteiger partial charge is 0.272 e. The average molecular weight is 428 g/mol. The molecule has 3 aromatic heterocycles. The Morgan fingerprint density at radius 2 is 2.03 bits per heavy atom. The minimum Gasteiger partial charge on any atom is -0.332 e. The van der Waals surface area contributed by atoms with E-state index < -0.39 is 0 Å². The highest BCUT2D eigenvalue weighted by Crippen LogP contribution is 2.27. The van der Waals surface area contributed by atoms with Crippen LogP contribution >= 0.6 is 11.3 Å². The van der Waals surface area contributed by atoms with E-state index in [4.69, 9.17) is 10.4 Å². The van der Waals surface area contributed by atoms with E-state index in [1.165, 1.54) is 0 Å². The van der Waals surface area contributed by atoms with Crippen molar-refractivity contribution in [2.24, 2.45) is 0 Å². The SMILES string of the molecule is Cc1ccc(-n2nc(-c3cccs3)cc2C(=O)N(CCC#N)Cc2cccnc2)cc1. The molecule has 0 spiro atoms. The van der Waals surface area contributed by atoms with E-state index in [1.807, 2.05) is 66.9 Å². The van der Waals surface area contributed by atoms with E-state index in [1.54, 1.807) is 33.3 Å². The minimum atomic E-state index is -0.171. The number of aryl methyl sites for hydroxylation is 1. The summed E-state index contributed by atoms with van der Waals surface area (Å²) in [6.07, 6.45) is 3.69. The molecule has 154 valence electrons. The normalized spacial score (nSPS) is 10.6. The van der Waals surface area contributed by atoms with Gasteiger partial charge >= 0.3 is 0 Å². The van der Waals surface area contributed by atoms with Gasteiger partial charge in [-0.15, -0.1) is 11.3 Å². The van der Waals surface area contributed by atoms with Crippen LogP contribution in [-0.2, 0) is 6.54 Å². The number of carbonyl (C=O) groups is 1. The zero-order valence-electron chi connectivity index (χ0n) is 17.1. The minimum absolute atomic E-state index is 0.171. The van der Waals surface area contributed by atoms with Crippen molar-refractivity contribution in [3.8, 4) is 22.3 Å². The molecule has 7 heteroatoms. The molecule has 1 amide bonds. The van der Waals surface area contributed by atoms with E-state index in [0.717, 1.165) is 27.4 Å². The molecule has 0 fully saturated rings. The zero-order valence-corrected chi connectivity index (χ0v) is 17.9. The number of benzene rings is 1. The average Bonchev–Trinajstić information content (AvgIpc) is 3.47. The number of thiophene rings is 1. The fraction of sp³-hybridized carbons (Fsp3) is 0.167. The number of hydrogen-bond donors (Lipinski definition) is 0. The van der Waals surface area contributed by atoms with Crippen LogP contribution in [0.1, 0.15) is 28.0 Å². The van der Waals surface area contributed by atoms with Gasteiger partial charge in [0.2, 0.25) is 0 Å². The molecule has 31 heavy (non-hydrogen) atoms. The predicted octanol–water partition coefficient (Wildman–Crippen LogP) is 4.86. The molecule has 0 radical (unpaired) electrons. The lowest BCUT2D eigenvalue weighted by molar-refractivity contribution is 0.0737. The number of nitriles is 1. The van der Waals surface area contributed by atoms with Gasteiger partial charge < -0.3 is 4.90 Å². The van der Waals surface area contributed by atoms with E-state index in [0.29, 0.717) is 18.8 Å². The molecule has 4 aromatic rings. The lowest BCUT2D eigenvalue weighted by atomic mass is 10.2. The molecule has 0 aliphatic carbocycles. The Balaban J connectivity index is 1.75. The summed E-state index contributed by atoms with van der Waals surface area (Å²) in [7, 11) is 0. The first kappa shape index (κ1) is 20.5. The molecular weight excluding hydrogens is 406 g/mol. The summed E-state index contributed by atoms with van der Waals surface area (Å²) >= 11 is 1.58. The Morgan fingerprint density at radius 1 is 1.19 bits per heavy atom. The Morgan fingerprint density at radius 3 is 2.71 bits per heavy atom. The molecular formula is C24H21N5OS. The van der Waals surface area contributed by atoms with Crippen molar-refractivity contribution in [2.45, 2.75) is 19.9 Å². The zero-order chi connectivity index (χ0) is 21.6. The van der Waals surface area contributed by atoms with E-state index in [9.17, 15) is 4.79 Å². The molecule has 0 N–H and O–H groups in total. The van der Waals surface area contributed by atoms with Crippen LogP contribution in [0.2, 0.25) is 0 Å². The number of nitrogens with zero attached hydrogens (tertiary/aromatic N) is 5. The van der Waals surface area contributed by atoms with Gasteiger partial charge in [-0.2, -0.15) is 10.4 Å². The fourth-order valence-corrected chi connectivity index (χ4v) is 3.95. The lowest BCUT2D eigenvalue weighted by Crippen LogP contribution is -2.33. The van der Waals surface area contributed by atoms with Crippen LogP contribution in [0.5, 0.6) is 0 Å². The number of hydrogen-bond acceptors (Lipinski definition) is 5. The molecule has 4 rings (SSSR count). The van der Waals surface area contributed by atoms with E-state index >= 15 is 0 Å². The lowest BCUT2D eigenvalue weighted by Gasteiger charge is -2.22. The van der Waals surface area contributed by atoms with Gasteiger partial charge in [-0.05, 0) is 48.2 Å². The van der Waals surface area contributed by atoms with Gasteiger partial charge in [0, 0.05) is 25.5 Å². The van der Waals surface area contributed by atoms with Gasteiger partial charge in [0.1, 0.15) is 11.4 Å². The summed E-state index contributed by atoms with van der Waals surface area (Å²) in [5.41, 5.74) is 4.08. The molecule has 0 saturated carbocycles. The van der Waals surface area contributed by atoms with Gasteiger partial charge in [-0.1, -0.05) is 29.8 Å². The van der Waals surface area contributed by atoms with Crippen LogP contribution in [0, 0.1) is 18.3 Å². The number of carbonyl (C=O) groups excluding carboxylic acids is 1. The van der Waals surface area contributed by atoms with Crippen molar-refractivity contribution >= 4 is 17.2 Å². The highest BCUT2D eigenvalue weighted by atomic mass is 32.1. The van der Waals surface area contributed by atoms with Gasteiger partial charge in [0.15, 0.2) is 0 Å². The maximum Gasteiger partial charge on any atom is 0.272 e. The third-order valence-electron chi connectivity index (χ3n) is 4.86. The predicted molar refractivity (Wildman–Crippen MR) is 121 cm³/mol. The van der Waals surface area contributed by atoms with Crippen molar-refractivity contribution in [3.63, 3.8) is 0 Å². The van der Waals surface area contributed by atoms with Crippen LogP contribution in [0.25, 0.3) is 16.3 Å². The van der Waals surface area contributed by atoms with Crippen molar-refractivity contribution in [3.05, 3.63) is 89.2 Å². The maximum absolute atomic E-state index is 13.6. The van der Waals surface area contributed by atoms with Crippen LogP contribution in [-0.4, -0.2) is 32.1 Å². The highest BCUT2D eigenvalue weighted by Gasteiger charge is 2.23. The number of aromatic nitrogens is 3. The molecule has 1 aromatic carbocycles. The maximum atomic E-state index is 13.6. The van der Waals surface area contributed by atoms with Crippen molar-refractivity contribution in [2.75, 3.05) is 6.54 Å². The number of rotatable bonds is 7. The highest BCUT2D eigenvalue weighted by molar-refractivity contribution is 7.13. The summed E-state index contributed by atoms with van der Waals surface area (Å²) in [4.78, 5) is 20.5. The fourth-order valence-electron chi connectivity index (χ4n) is 3.27. The van der Waals surface area contributed by atoms with Gasteiger partial charge in [-0.3, -0.25) is 9.78 Å². The first-order valence-electron chi connectivity index (χ1n) is 9.92. The quantitative estimate of drug-likeness (QED) is 0.422. The van der Waals surface area contributed by atoms with Gasteiger partial charge in [-0.25, -0.2) is 4.68 Å². The molecule has 0 aliphatic rings. The second-order valence-electron chi connectivity index (χ2n) is 7.14. The van der Waals surface area contributed by atoms with Gasteiger partial charge in [0.05, 0.1) is 23.1 Å². The third kappa shape index (κ3) is 4.71. The summed E-state index contributed by atoms with van der Waals surface area (Å²) in [5.74, 6) is -0.171. The second-order valence-corrected chi connectivity index (χ2v) is 8.08. The monoisotopic (exact) mass is 427 g/mol. The summed E-state index contributed by atoms with van der Waals surface area (Å²) in [6.45, 7) is 2.73. The summed E-state index contributed by atoms with van der Waals surface area (Å²) in [6, 6.07) is 19.6. The Kier molecular flexibility index (Phi) is 6.20. The molecule has 0 unspecified atom stereocenters. The van der Waals surface area contributed by atoms with Crippen LogP contribution < -0.4 is 0 Å². The van der Waals surface area contributed by atoms with E-state index in [2.05, 4.69) is 11.1 Å². The third-order valence-corrected chi connectivity index (χ3v) is 5.75. The Bertz CT molecular complexity index is 1190. The second kappa shape index (κ2) is 9.37. The Labute approximate surface area is 185 Å². The molecule has 0 bridgehead atoms. The van der Waals surface area contributed by atoms with Crippen molar-refractivity contribution in [1.29, 1.82) is 5.26 Å². The van der Waals surface area contributed by atoms with Crippen LogP contribution in [0.4, 0.5) is 0 Å². The van der Waals surface area contributed by atoms with Crippen LogP contribution in [0.15, 0.2) is 72.4 Å². The number of amides is 1. The summed E-state index contributed by atoms with van der Waals surface area (Å²) in [5, 5.41) is 15.8. The van der Waals surface area contributed by atoms with Gasteiger partial charge in [0.25, 0.3) is 5.91 Å². The largest absolute Gasteiger partial charge is 0.332 e. The molecule has 0 saturated heterocycles. The van der Waals surface area contributed by atoms with Crippen LogP contribution in [0.3, 0.4) is 0 Å². The van der Waals surface area contributed by atoms with Crippen molar-refractivity contribution in [1.82, 2.24) is 19.7 Å². The first-order valence-corrected chi connectivity index (χ1v) is 10.8. The molecule has 0 atom stereocenters. The molecule has 0 aliphatic heterocycles. The Hall–Kier alpha value is -3.76. The molecule has 3 heterocycles. The van der Waals surface area contributed by atoms with Crippen molar-refractivity contribution < 1.29 is 4.79 Å². The number of pyridine rings is 1. The first-order chi connectivity index (χ1) is 15.2.